The van der Waals surface area contributed by atoms with E-state index in [1.54, 1.807) is 18.2 Å². The Hall–Kier alpha value is -2.88. The highest BCUT2D eigenvalue weighted by molar-refractivity contribution is 7.92. The number of nitrogens with one attached hydrogen (secondary N) is 1. The van der Waals surface area contributed by atoms with Crippen LogP contribution in [0.25, 0.3) is 0 Å². The average Bonchev–Trinajstić information content (AvgIpc) is 2.68. The van der Waals surface area contributed by atoms with E-state index in [4.69, 9.17) is 9.47 Å². The SMILES string of the molecule is COc1ccc2c(c1)OC(C)(C)C[C@@H]2NC(=O)[C@H](C)N(c1ccc(F)c(F)c1)S(C)(=O)=O. The summed E-state index contributed by atoms with van der Waals surface area (Å²) in [6, 6.07) is 6.25. The molecule has 1 N–H and O–H groups in total. The Labute approximate surface area is 186 Å². The van der Waals surface area contributed by atoms with Crippen LogP contribution in [0.1, 0.15) is 38.8 Å². The highest BCUT2D eigenvalue weighted by atomic mass is 32.2. The van der Waals surface area contributed by atoms with Gasteiger partial charge in [0.1, 0.15) is 23.1 Å². The Balaban J connectivity index is 1.92. The molecule has 1 aliphatic rings. The van der Waals surface area contributed by atoms with Crippen LogP contribution in [-0.4, -0.2) is 39.3 Å². The molecule has 1 heterocycles. The smallest absolute Gasteiger partial charge is 0.244 e. The summed E-state index contributed by atoms with van der Waals surface area (Å²) in [5, 5.41) is 2.88. The summed E-state index contributed by atoms with van der Waals surface area (Å²) >= 11 is 0. The third-order valence-corrected chi connectivity index (χ3v) is 6.48. The molecule has 0 saturated heterocycles. The summed E-state index contributed by atoms with van der Waals surface area (Å²) in [5.41, 5.74) is -0.0205. The predicted molar refractivity (Wildman–Crippen MR) is 116 cm³/mol. The maximum absolute atomic E-state index is 13.8. The van der Waals surface area contributed by atoms with E-state index < -0.39 is 45.2 Å². The number of fused-ring (bicyclic) bond motifs is 1. The number of methoxy groups -OCH3 is 1. The summed E-state index contributed by atoms with van der Waals surface area (Å²) in [7, 11) is -2.45. The molecule has 1 aliphatic heterocycles. The minimum Gasteiger partial charge on any atom is -0.497 e. The van der Waals surface area contributed by atoms with Gasteiger partial charge in [-0.25, -0.2) is 17.2 Å². The molecule has 1 amide bonds. The average molecular weight is 469 g/mol. The number of benzene rings is 2. The van der Waals surface area contributed by atoms with Gasteiger partial charge in [0.05, 0.1) is 25.1 Å². The van der Waals surface area contributed by atoms with Crippen LogP contribution in [0.15, 0.2) is 36.4 Å². The zero-order valence-corrected chi connectivity index (χ0v) is 19.3. The number of hydrogen-bond acceptors (Lipinski definition) is 5. The monoisotopic (exact) mass is 468 g/mol. The van der Waals surface area contributed by atoms with Crippen molar-refractivity contribution in [1.29, 1.82) is 0 Å². The Kier molecular flexibility index (Phi) is 6.37. The number of halogens is 2. The Morgan fingerprint density at radius 1 is 1.22 bits per heavy atom. The first-order valence-corrected chi connectivity index (χ1v) is 11.8. The van der Waals surface area contributed by atoms with E-state index >= 15 is 0 Å². The molecule has 0 fully saturated rings. The molecule has 10 heteroatoms. The number of carbonyl (C=O) groups excluding carboxylic acids is 1. The van der Waals surface area contributed by atoms with E-state index in [2.05, 4.69) is 5.32 Å². The molecular weight excluding hydrogens is 442 g/mol. The molecule has 0 aliphatic carbocycles. The van der Waals surface area contributed by atoms with Crippen LogP contribution in [0.4, 0.5) is 14.5 Å². The first kappa shape index (κ1) is 23.8. The summed E-state index contributed by atoms with van der Waals surface area (Å²) in [6.07, 6.45) is 1.34. The van der Waals surface area contributed by atoms with Crippen molar-refractivity contribution in [2.45, 2.75) is 44.9 Å². The lowest BCUT2D eigenvalue weighted by Crippen LogP contribution is -2.50. The van der Waals surface area contributed by atoms with Crippen molar-refractivity contribution in [3.8, 4) is 11.5 Å². The number of carbonyl (C=O) groups is 1. The normalized spacial score (nSPS) is 18.2. The molecule has 0 spiro atoms. The maximum Gasteiger partial charge on any atom is 0.244 e. The molecule has 32 heavy (non-hydrogen) atoms. The van der Waals surface area contributed by atoms with Crippen molar-refractivity contribution < 1.29 is 31.5 Å². The summed E-state index contributed by atoms with van der Waals surface area (Å²) in [6.45, 7) is 5.14. The predicted octanol–water partition coefficient (Wildman–Crippen LogP) is 3.55. The van der Waals surface area contributed by atoms with Crippen LogP contribution < -0.4 is 19.1 Å². The fraction of sp³-hybridized carbons (Fsp3) is 0.409. The zero-order valence-electron chi connectivity index (χ0n) is 18.5. The second kappa shape index (κ2) is 8.57. The van der Waals surface area contributed by atoms with E-state index in [1.165, 1.54) is 14.0 Å². The fourth-order valence-electron chi connectivity index (χ4n) is 3.81. The number of nitrogens with zero attached hydrogens (tertiary/aromatic N) is 1. The van der Waals surface area contributed by atoms with Crippen molar-refractivity contribution in [2.75, 3.05) is 17.7 Å². The van der Waals surface area contributed by atoms with Gasteiger partial charge in [0.15, 0.2) is 11.6 Å². The lowest BCUT2D eigenvalue weighted by Gasteiger charge is -2.39. The summed E-state index contributed by atoms with van der Waals surface area (Å²) < 4.78 is 64.0. The molecule has 2 aromatic carbocycles. The molecule has 2 aromatic rings. The Morgan fingerprint density at radius 3 is 2.50 bits per heavy atom. The Bertz CT molecular complexity index is 1140. The van der Waals surface area contributed by atoms with Crippen LogP contribution in [0, 0.1) is 11.6 Å². The summed E-state index contributed by atoms with van der Waals surface area (Å²) in [4.78, 5) is 13.1. The number of ether oxygens (including phenoxy) is 2. The highest BCUT2D eigenvalue weighted by Gasteiger charge is 2.37. The van der Waals surface area contributed by atoms with E-state index in [1.807, 2.05) is 13.8 Å². The highest BCUT2D eigenvalue weighted by Crippen LogP contribution is 2.41. The molecule has 0 unspecified atom stereocenters. The molecule has 0 bridgehead atoms. The van der Waals surface area contributed by atoms with Gasteiger partial charge in [0.2, 0.25) is 15.9 Å². The molecule has 174 valence electrons. The van der Waals surface area contributed by atoms with Crippen LogP contribution in [-0.2, 0) is 14.8 Å². The van der Waals surface area contributed by atoms with Gasteiger partial charge >= 0.3 is 0 Å². The molecule has 0 saturated carbocycles. The van der Waals surface area contributed by atoms with Gasteiger partial charge in [-0.15, -0.1) is 0 Å². The van der Waals surface area contributed by atoms with Crippen molar-refractivity contribution in [1.82, 2.24) is 5.32 Å². The first-order chi connectivity index (χ1) is 14.8. The van der Waals surface area contributed by atoms with Crippen molar-refractivity contribution in [3.63, 3.8) is 0 Å². The van der Waals surface area contributed by atoms with Gasteiger partial charge in [-0.1, -0.05) is 0 Å². The van der Waals surface area contributed by atoms with Gasteiger partial charge in [-0.05, 0) is 45.0 Å². The maximum atomic E-state index is 13.8. The number of amides is 1. The molecular formula is C22H26F2N2O5S. The molecule has 0 aromatic heterocycles. The van der Waals surface area contributed by atoms with Crippen molar-refractivity contribution >= 4 is 21.6 Å². The largest absolute Gasteiger partial charge is 0.497 e. The minimum absolute atomic E-state index is 0.147. The number of anilines is 1. The van der Waals surface area contributed by atoms with Crippen LogP contribution >= 0.6 is 0 Å². The second-order valence-electron chi connectivity index (χ2n) is 8.36. The molecule has 3 rings (SSSR count). The van der Waals surface area contributed by atoms with E-state index in [-0.39, 0.29) is 5.69 Å². The molecule has 2 atom stereocenters. The zero-order chi connectivity index (χ0) is 23.8. The Morgan fingerprint density at radius 2 is 1.91 bits per heavy atom. The standard InChI is InChI=1S/C22H26F2N2O5S/c1-13(26(32(5,28)29)14-6-9-17(23)18(24)10-14)21(27)25-19-12-22(2,3)31-20-11-15(30-4)7-8-16(19)20/h6-11,13,19H,12H2,1-5H3,(H,25,27)/t13-,19-/m0/s1. The first-order valence-electron chi connectivity index (χ1n) is 9.94. The minimum atomic E-state index is -3.98. The molecule has 0 radical (unpaired) electrons. The van der Waals surface area contributed by atoms with Crippen molar-refractivity contribution in [3.05, 3.63) is 53.6 Å². The number of hydrogen-bond donors (Lipinski definition) is 1. The van der Waals surface area contributed by atoms with Gasteiger partial charge < -0.3 is 14.8 Å². The fourth-order valence-corrected chi connectivity index (χ4v) is 4.98. The van der Waals surface area contributed by atoms with E-state index in [0.717, 1.165) is 34.3 Å². The van der Waals surface area contributed by atoms with E-state index in [0.29, 0.717) is 17.9 Å². The van der Waals surface area contributed by atoms with Gasteiger partial charge in [-0.3, -0.25) is 9.10 Å². The van der Waals surface area contributed by atoms with Gasteiger partial charge in [0, 0.05) is 24.1 Å². The lowest BCUT2D eigenvalue weighted by atomic mass is 9.89. The molecule has 7 nitrogen and oxygen atoms in total. The second-order valence-corrected chi connectivity index (χ2v) is 10.2. The van der Waals surface area contributed by atoms with Gasteiger partial charge in [-0.2, -0.15) is 0 Å². The number of sulfonamides is 1. The quantitative estimate of drug-likeness (QED) is 0.701. The van der Waals surface area contributed by atoms with Crippen molar-refractivity contribution in [2.24, 2.45) is 0 Å². The van der Waals surface area contributed by atoms with Gasteiger partial charge in [0.25, 0.3) is 0 Å². The third-order valence-electron chi connectivity index (χ3n) is 5.24. The van der Waals surface area contributed by atoms with Crippen LogP contribution in [0.3, 0.4) is 0 Å². The summed E-state index contributed by atoms with van der Waals surface area (Å²) in [5.74, 6) is -1.76. The lowest BCUT2D eigenvalue weighted by molar-refractivity contribution is -0.123. The third kappa shape index (κ3) is 4.95. The van der Waals surface area contributed by atoms with Crippen LogP contribution in [0.5, 0.6) is 11.5 Å². The van der Waals surface area contributed by atoms with Crippen LogP contribution in [0.2, 0.25) is 0 Å². The number of rotatable bonds is 6. The topological polar surface area (TPSA) is 84.9 Å². The van der Waals surface area contributed by atoms with E-state index in [9.17, 15) is 22.0 Å².